The summed E-state index contributed by atoms with van der Waals surface area (Å²) < 4.78 is 5.81. The maximum Gasteiger partial charge on any atom is 0.138 e. The molecule has 0 spiro atoms. The number of likely N-dealkylation sites (tertiary alicyclic amines) is 1. The van der Waals surface area contributed by atoms with Crippen molar-refractivity contribution in [3.05, 3.63) is 24.0 Å². The Morgan fingerprint density at radius 3 is 2.74 bits per heavy atom. The fourth-order valence-corrected chi connectivity index (χ4v) is 2.34. The Bertz CT molecular complexity index is 499. The molecule has 0 radical (unpaired) electrons. The van der Waals surface area contributed by atoms with Crippen molar-refractivity contribution in [2.75, 3.05) is 20.2 Å². The van der Waals surface area contributed by atoms with Crippen LogP contribution in [0.5, 0.6) is 5.75 Å². The van der Waals surface area contributed by atoms with Gasteiger partial charge in [0, 0.05) is 24.2 Å². The molecule has 3 nitrogen and oxygen atoms in total. The van der Waals surface area contributed by atoms with E-state index in [0.29, 0.717) is 6.04 Å². The SMILES string of the molecule is CCCCCCC#Cc1cncc(OC[C@@H]2CCN2C)c1.Cl.Cl. The Kier molecular flexibility index (Phi) is 12.0. The fraction of sp³-hybridized carbons (Fsp3) is 0.611. The van der Waals surface area contributed by atoms with Crippen LogP contribution in [0.1, 0.15) is 51.0 Å². The van der Waals surface area contributed by atoms with Crippen LogP contribution in [-0.4, -0.2) is 36.1 Å². The molecule has 1 aliphatic rings. The molecule has 23 heavy (non-hydrogen) atoms. The lowest BCUT2D eigenvalue weighted by Gasteiger charge is -2.37. The van der Waals surface area contributed by atoms with Crippen molar-refractivity contribution in [1.82, 2.24) is 9.88 Å². The number of halogens is 2. The smallest absolute Gasteiger partial charge is 0.138 e. The van der Waals surface area contributed by atoms with E-state index < -0.39 is 0 Å². The first kappa shape index (κ1) is 22.1. The molecule has 0 bridgehead atoms. The zero-order chi connectivity index (χ0) is 14.9. The van der Waals surface area contributed by atoms with Crippen LogP contribution in [0.3, 0.4) is 0 Å². The number of unbranched alkanes of at least 4 members (excludes halogenated alkanes) is 4. The van der Waals surface area contributed by atoms with Crippen LogP contribution >= 0.6 is 24.8 Å². The highest BCUT2D eigenvalue weighted by Gasteiger charge is 2.24. The summed E-state index contributed by atoms with van der Waals surface area (Å²) in [6.45, 7) is 4.14. The molecular formula is C18H28Cl2N2O. The summed E-state index contributed by atoms with van der Waals surface area (Å²) in [7, 11) is 2.14. The van der Waals surface area contributed by atoms with Crippen molar-refractivity contribution >= 4 is 24.8 Å². The fourth-order valence-electron chi connectivity index (χ4n) is 2.34. The second kappa shape index (κ2) is 12.5. The molecule has 5 heteroatoms. The molecule has 1 saturated heterocycles. The summed E-state index contributed by atoms with van der Waals surface area (Å²) in [5.41, 5.74) is 0.949. The van der Waals surface area contributed by atoms with Crippen molar-refractivity contribution in [3.63, 3.8) is 0 Å². The quantitative estimate of drug-likeness (QED) is 0.535. The highest BCUT2D eigenvalue weighted by atomic mass is 35.5. The van der Waals surface area contributed by atoms with Crippen LogP contribution in [-0.2, 0) is 0 Å². The summed E-state index contributed by atoms with van der Waals surface area (Å²) in [5.74, 6) is 7.24. The lowest BCUT2D eigenvalue weighted by Crippen LogP contribution is -2.48. The third kappa shape index (κ3) is 7.92. The van der Waals surface area contributed by atoms with E-state index in [-0.39, 0.29) is 24.8 Å². The second-order valence-electron chi connectivity index (χ2n) is 5.76. The van der Waals surface area contributed by atoms with Gasteiger partial charge in [-0.1, -0.05) is 38.0 Å². The Morgan fingerprint density at radius 2 is 2.09 bits per heavy atom. The summed E-state index contributed by atoms with van der Waals surface area (Å²) in [6.07, 6.45) is 10.8. The first-order valence-electron chi connectivity index (χ1n) is 8.06. The van der Waals surface area contributed by atoms with E-state index in [1.807, 2.05) is 6.07 Å². The molecule has 0 amide bonds. The van der Waals surface area contributed by atoms with Gasteiger partial charge in [0.25, 0.3) is 0 Å². The second-order valence-corrected chi connectivity index (χ2v) is 5.76. The number of rotatable bonds is 7. The largest absolute Gasteiger partial charge is 0.490 e. The maximum absolute atomic E-state index is 5.81. The van der Waals surface area contributed by atoms with Gasteiger partial charge >= 0.3 is 0 Å². The van der Waals surface area contributed by atoms with Gasteiger partial charge in [-0.15, -0.1) is 24.8 Å². The molecule has 0 unspecified atom stereocenters. The van der Waals surface area contributed by atoms with Crippen LogP contribution in [0.15, 0.2) is 18.5 Å². The first-order valence-corrected chi connectivity index (χ1v) is 8.06. The van der Waals surface area contributed by atoms with Gasteiger partial charge in [-0.05, 0) is 32.5 Å². The van der Waals surface area contributed by atoms with Crippen LogP contribution in [0, 0.1) is 11.8 Å². The number of hydrogen-bond donors (Lipinski definition) is 0. The normalized spacial score (nSPS) is 16.2. The van der Waals surface area contributed by atoms with E-state index in [1.54, 1.807) is 12.4 Å². The lowest BCUT2D eigenvalue weighted by atomic mass is 10.1. The Balaban J connectivity index is 0.00000242. The number of aromatic nitrogens is 1. The van der Waals surface area contributed by atoms with Gasteiger partial charge in [0.1, 0.15) is 12.4 Å². The monoisotopic (exact) mass is 358 g/mol. The van der Waals surface area contributed by atoms with E-state index in [2.05, 4.69) is 35.7 Å². The van der Waals surface area contributed by atoms with Gasteiger partial charge in [-0.25, -0.2) is 0 Å². The number of likely N-dealkylation sites (N-methyl/N-ethyl adjacent to an activating group) is 1. The van der Waals surface area contributed by atoms with Gasteiger partial charge in [-0.3, -0.25) is 9.88 Å². The molecule has 0 aliphatic carbocycles. The van der Waals surface area contributed by atoms with Crippen molar-refractivity contribution in [1.29, 1.82) is 0 Å². The maximum atomic E-state index is 5.81. The molecule has 2 rings (SSSR count). The van der Waals surface area contributed by atoms with Crippen LogP contribution in [0.2, 0.25) is 0 Å². The highest BCUT2D eigenvalue weighted by Crippen LogP contribution is 2.17. The van der Waals surface area contributed by atoms with Crippen molar-refractivity contribution < 1.29 is 4.74 Å². The predicted molar refractivity (Wildman–Crippen MR) is 101 cm³/mol. The van der Waals surface area contributed by atoms with Gasteiger partial charge in [-0.2, -0.15) is 0 Å². The average Bonchev–Trinajstić information content (AvgIpc) is 2.50. The minimum absolute atomic E-state index is 0. The van der Waals surface area contributed by atoms with Crippen LogP contribution in [0.4, 0.5) is 0 Å². The Labute approximate surface area is 153 Å². The van der Waals surface area contributed by atoms with Crippen LogP contribution < -0.4 is 4.74 Å². The zero-order valence-electron chi connectivity index (χ0n) is 14.1. The van der Waals surface area contributed by atoms with Gasteiger partial charge in [0.2, 0.25) is 0 Å². The van der Waals surface area contributed by atoms with Crippen molar-refractivity contribution in [2.24, 2.45) is 0 Å². The molecule has 1 aliphatic heterocycles. The Morgan fingerprint density at radius 1 is 1.26 bits per heavy atom. The van der Waals surface area contributed by atoms with E-state index in [4.69, 9.17) is 4.74 Å². The number of ether oxygens (including phenoxy) is 1. The average molecular weight is 359 g/mol. The molecule has 2 heterocycles. The summed E-state index contributed by atoms with van der Waals surface area (Å²) in [5, 5.41) is 0. The van der Waals surface area contributed by atoms with Gasteiger partial charge in [0.15, 0.2) is 0 Å². The minimum atomic E-state index is 0. The molecular weight excluding hydrogens is 331 g/mol. The van der Waals surface area contributed by atoms with E-state index in [0.717, 1.165) is 24.3 Å². The summed E-state index contributed by atoms with van der Waals surface area (Å²) in [6, 6.07) is 2.54. The Hall–Kier alpha value is -0.950. The molecule has 0 aromatic carbocycles. The summed E-state index contributed by atoms with van der Waals surface area (Å²) >= 11 is 0. The molecule has 1 aromatic rings. The number of hydrogen-bond acceptors (Lipinski definition) is 3. The van der Waals surface area contributed by atoms with Gasteiger partial charge < -0.3 is 4.74 Å². The minimum Gasteiger partial charge on any atom is -0.490 e. The van der Waals surface area contributed by atoms with E-state index in [9.17, 15) is 0 Å². The van der Waals surface area contributed by atoms with Crippen LogP contribution in [0.25, 0.3) is 0 Å². The predicted octanol–water partition coefficient (Wildman–Crippen LogP) is 4.33. The molecule has 130 valence electrons. The molecule has 0 N–H and O–H groups in total. The van der Waals surface area contributed by atoms with E-state index >= 15 is 0 Å². The topological polar surface area (TPSA) is 25.4 Å². The molecule has 1 aromatic heterocycles. The van der Waals surface area contributed by atoms with Crippen molar-refractivity contribution in [3.8, 4) is 17.6 Å². The molecule has 0 saturated carbocycles. The number of pyridine rings is 1. The summed E-state index contributed by atoms with van der Waals surface area (Å²) in [4.78, 5) is 6.53. The first-order chi connectivity index (χ1) is 10.3. The third-order valence-corrected chi connectivity index (χ3v) is 3.98. The van der Waals surface area contributed by atoms with Gasteiger partial charge in [0.05, 0.1) is 6.20 Å². The third-order valence-electron chi connectivity index (χ3n) is 3.98. The van der Waals surface area contributed by atoms with Crippen molar-refractivity contribution in [2.45, 2.75) is 51.5 Å². The zero-order valence-corrected chi connectivity index (χ0v) is 15.7. The highest BCUT2D eigenvalue weighted by molar-refractivity contribution is 5.85. The molecule has 1 atom stereocenters. The van der Waals surface area contributed by atoms with E-state index in [1.165, 1.54) is 38.6 Å². The number of nitrogens with zero attached hydrogens (tertiary/aromatic N) is 2. The molecule has 1 fully saturated rings. The standard InChI is InChI=1S/C18H26N2O.2ClH/c1-3-4-5-6-7-8-9-16-12-18(14-19-13-16)21-15-17-10-11-20(17)2;;/h12-14,17H,3-7,10-11,15H2,1-2H3;2*1H/t17-;;/m0../s1. The lowest BCUT2D eigenvalue weighted by molar-refractivity contribution is 0.0767.